The van der Waals surface area contributed by atoms with Gasteiger partial charge in [-0.3, -0.25) is 9.59 Å². The number of aliphatic carboxylic acids is 1. The smallest absolute Gasteiger partial charge is 0.408 e. The van der Waals surface area contributed by atoms with Crippen LogP contribution in [0.3, 0.4) is 0 Å². The van der Waals surface area contributed by atoms with E-state index >= 15 is 0 Å². The fraction of sp³-hybridized carbons (Fsp3) is 0.571. The van der Waals surface area contributed by atoms with E-state index in [9.17, 15) is 24.3 Å². The van der Waals surface area contributed by atoms with Gasteiger partial charge in [-0.2, -0.15) is 0 Å². The molecule has 4 aliphatic rings. The maximum absolute atomic E-state index is 14.7. The third kappa shape index (κ3) is 8.53. The molecule has 7 rings (SSSR count). The van der Waals surface area contributed by atoms with E-state index in [-0.39, 0.29) is 25.5 Å². The Morgan fingerprint density at radius 2 is 1.74 bits per heavy atom. The van der Waals surface area contributed by atoms with Crippen molar-refractivity contribution in [3.8, 4) is 22.9 Å². The van der Waals surface area contributed by atoms with Gasteiger partial charge in [-0.05, 0) is 68.9 Å². The standard InChI is InChI=1S/C42H54N6O8S/c1-7-24-20-42(24,38(51)52)47-36(49)32-17-27(21-48(32)37(50)35(41(3,4)5)46-40(53)56-26-14-10-11-15-26)55-34-19-30(44-29-18-33(54-6)23(2)16-28(29)34)31-22-57-39(45-31)43-25-12-8-9-13-25/h7,16,18-19,22,24-27,32,35H,1,8-15,17,20-21H2,2-6H3,(H,43,45)(H,46,53)(H,47,49)(H,51,52)/t24-,27+,32+,35-,42?/m1/s1. The number of likely N-dealkylation sites (tertiary alicyclic amines) is 1. The third-order valence-corrected chi connectivity index (χ3v) is 12.6. The summed E-state index contributed by atoms with van der Waals surface area (Å²) >= 11 is 1.52. The average molecular weight is 803 g/mol. The number of hydrogen-bond donors (Lipinski definition) is 4. The number of hydrogen-bond acceptors (Lipinski definition) is 11. The van der Waals surface area contributed by atoms with Gasteiger partial charge < -0.3 is 40.2 Å². The molecule has 3 saturated carbocycles. The first-order chi connectivity index (χ1) is 27.2. The van der Waals surface area contributed by atoms with Crippen molar-refractivity contribution in [2.24, 2.45) is 11.3 Å². The van der Waals surface area contributed by atoms with Gasteiger partial charge >= 0.3 is 12.1 Å². The van der Waals surface area contributed by atoms with Crippen LogP contribution in [0, 0.1) is 18.3 Å². The van der Waals surface area contributed by atoms with Gasteiger partial charge in [0, 0.05) is 41.3 Å². The van der Waals surface area contributed by atoms with Gasteiger partial charge in [0.25, 0.3) is 0 Å². The molecule has 14 nitrogen and oxygen atoms in total. The highest BCUT2D eigenvalue weighted by Crippen LogP contribution is 2.45. The van der Waals surface area contributed by atoms with Crippen molar-refractivity contribution in [1.82, 2.24) is 25.5 Å². The van der Waals surface area contributed by atoms with E-state index < -0.39 is 58.9 Å². The SMILES string of the molecule is C=C[C@@H]1CC1(NC(=O)[C@@H]1C[C@H](Oc2cc(-c3csc(NC4CCCC4)n3)nc3cc(OC)c(C)cc23)CN1C(=O)[C@@H](NC(=O)OC1CCCC1)C(C)(C)C)C(=O)O. The molecule has 1 aliphatic heterocycles. The van der Waals surface area contributed by atoms with Crippen LogP contribution in [0.15, 0.2) is 36.2 Å². The molecular weight excluding hydrogens is 749 g/mol. The Hall–Kier alpha value is -4.92. The molecule has 4 fully saturated rings. The zero-order chi connectivity index (χ0) is 40.6. The number of nitrogens with zero attached hydrogens (tertiary/aromatic N) is 3. The van der Waals surface area contributed by atoms with Gasteiger partial charge in [0.05, 0.1) is 24.9 Å². The van der Waals surface area contributed by atoms with Crippen LogP contribution in [0.1, 0.15) is 90.5 Å². The Balaban J connectivity index is 1.20. The van der Waals surface area contributed by atoms with E-state index in [1.807, 2.05) is 51.3 Å². The molecule has 1 saturated heterocycles. The molecule has 4 N–H and O–H groups in total. The topological polar surface area (TPSA) is 181 Å². The molecule has 57 heavy (non-hydrogen) atoms. The monoisotopic (exact) mass is 802 g/mol. The quantitative estimate of drug-likeness (QED) is 0.137. The second-order valence-corrected chi connectivity index (χ2v) is 17.9. The zero-order valence-corrected chi connectivity index (χ0v) is 34.2. The van der Waals surface area contributed by atoms with Crippen LogP contribution in [0.4, 0.5) is 9.93 Å². The van der Waals surface area contributed by atoms with Gasteiger partial charge in [0.1, 0.15) is 47.0 Å². The average Bonchev–Trinajstić information content (AvgIpc) is 3.80. The molecular formula is C42H54N6O8S. The number of fused-ring (bicyclic) bond motifs is 1. The summed E-state index contributed by atoms with van der Waals surface area (Å²) in [7, 11) is 1.60. The van der Waals surface area contributed by atoms with Crippen molar-refractivity contribution >= 4 is 51.2 Å². The number of pyridine rings is 1. The molecule has 3 amide bonds. The summed E-state index contributed by atoms with van der Waals surface area (Å²) in [6, 6.07) is 3.87. The Morgan fingerprint density at radius 1 is 1.02 bits per heavy atom. The van der Waals surface area contributed by atoms with Gasteiger partial charge in [0.15, 0.2) is 5.13 Å². The second kappa shape index (κ2) is 16.1. The molecule has 5 atom stereocenters. The number of benzene rings is 1. The van der Waals surface area contributed by atoms with Crippen LogP contribution < -0.4 is 25.4 Å². The molecule has 1 aromatic carbocycles. The van der Waals surface area contributed by atoms with Gasteiger partial charge in [-0.25, -0.2) is 19.6 Å². The third-order valence-electron chi connectivity index (χ3n) is 11.9. The number of carbonyl (C=O) groups excluding carboxylic acids is 3. The molecule has 0 spiro atoms. The number of alkyl carbamates (subject to hydrolysis) is 1. The van der Waals surface area contributed by atoms with Crippen molar-refractivity contribution in [3.63, 3.8) is 0 Å². The molecule has 3 heterocycles. The second-order valence-electron chi connectivity index (χ2n) is 17.1. The van der Waals surface area contributed by atoms with Crippen molar-refractivity contribution in [1.29, 1.82) is 0 Å². The number of nitrogens with one attached hydrogen (secondary N) is 3. The number of thiazole rings is 1. The molecule has 3 aromatic rings. The summed E-state index contributed by atoms with van der Waals surface area (Å²) < 4.78 is 18.1. The van der Waals surface area contributed by atoms with Gasteiger partial charge in [0.2, 0.25) is 11.8 Å². The predicted molar refractivity (Wildman–Crippen MR) is 216 cm³/mol. The number of amides is 3. The fourth-order valence-electron chi connectivity index (χ4n) is 8.48. The Kier molecular flexibility index (Phi) is 11.4. The van der Waals surface area contributed by atoms with E-state index in [1.54, 1.807) is 7.11 Å². The number of ether oxygens (including phenoxy) is 3. The first-order valence-corrected chi connectivity index (χ1v) is 20.9. The van der Waals surface area contributed by atoms with Crippen molar-refractivity contribution < 1.29 is 38.5 Å². The number of methoxy groups -OCH3 is 1. The maximum Gasteiger partial charge on any atom is 0.408 e. The highest BCUT2D eigenvalue weighted by atomic mass is 32.1. The molecule has 15 heteroatoms. The van der Waals surface area contributed by atoms with Crippen LogP contribution in [-0.4, -0.2) is 93.4 Å². The Morgan fingerprint density at radius 3 is 2.39 bits per heavy atom. The van der Waals surface area contributed by atoms with Crippen molar-refractivity contribution in [2.75, 3.05) is 19.0 Å². The van der Waals surface area contributed by atoms with E-state index in [4.69, 9.17) is 24.2 Å². The Labute approximate surface area is 337 Å². The number of carboxylic acids is 1. The predicted octanol–water partition coefficient (Wildman–Crippen LogP) is 6.61. The summed E-state index contributed by atoms with van der Waals surface area (Å²) in [6.45, 7) is 11.2. The summed E-state index contributed by atoms with van der Waals surface area (Å²) in [6.07, 6.45) is 8.30. The highest BCUT2D eigenvalue weighted by Gasteiger charge is 2.61. The van der Waals surface area contributed by atoms with Crippen LogP contribution in [0.25, 0.3) is 22.3 Å². The lowest BCUT2D eigenvalue weighted by molar-refractivity contribution is -0.146. The lowest BCUT2D eigenvalue weighted by Gasteiger charge is -2.35. The lowest BCUT2D eigenvalue weighted by Crippen LogP contribution is -2.59. The fourth-order valence-corrected chi connectivity index (χ4v) is 9.26. The molecule has 2 aromatic heterocycles. The Bertz CT molecular complexity index is 2040. The highest BCUT2D eigenvalue weighted by molar-refractivity contribution is 7.14. The summed E-state index contributed by atoms with van der Waals surface area (Å²) in [5.41, 5.74) is 0.468. The first kappa shape index (κ1) is 40.3. The number of carboxylic acid groups (broad SMARTS) is 1. The normalized spacial score (nSPS) is 24.2. The molecule has 0 radical (unpaired) electrons. The zero-order valence-electron chi connectivity index (χ0n) is 33.4. The minimum Gasteiger partial charge on any atom is -0.496 e. The minimum atomic E-state index is -1.51. The number of aryl methyl sites for hydroxylation is 1. The van der Waals surface area contributed by atoms with Crippen LogP contribution >= 0.6 is 11.3 Å². The molecule has 0 bridgehead atoms. The van der Waals surface area contributed by atoms with E-state index in [0.29, 0.717) is 39.8 Å². The van der Waals surface area contributed by atoms with Crippen LogP contribution in [0.5, 0.6) is 11.5 Å². The summed E-state index contributed by atoms with van der Waals surface area (Å²) in [5, 5.41) is 22.7. The van der Waals surface area contributed by atoms with E-state index in [1.165, 1.54) is 35.2 Å². The summed E-state index contributed by atoms with van der Waals surface area (Å²) in [4.78, 5) is 65.7. The minimum absolute atomic E-state index is 0.00570. The lowest BCUT2D eigenvalue weighted by atomic mass is 9.85. The van der Waals surface area contributed by atoms with Gasteiger partial charge in [-0.15, -0.1) is 17.9 Å². The summed E-state index contributed by atoms with van der Waals surface area (Å²) in [5.74, 6) is -1.59. The molecule has 306 valence electrons. The van der Waals surface area contributed by atoms with E-state index in [0.717, 1.165) is 49.2 Å². The molecule has 3 aliphatic carbocycles. The van der Waals surface area contributed by atoms with Gasteiger partial charge in [-0.1, -0.05) is 39.7 Å². The number of anilines is 1. The van der Waals surface area contributed by atoms with E-state index in [2.05, 4.69) is 22.5 Å². The maximum atomic E-state index is 14.7. The molecule has 1 unspecified atom stereocenters. The van der Waals surface area contributed by atoms with Crippen molar-refractivity contribution in [2.45, 2.75) is 128 Å². The van der Waals surface area contributed by atoms with Crippen LogP contribution in [0.2, 0.25) is 0 Å². The number of carbonyl (C=O) groups is 4. The van der Waals surface area contributed by atoms with Crippen molar-refractivity contribution in [3.05, 3.63) is 41.8 Å². The first-order valence-electron chi connectivity index (χ1n) is 20.0. The van der Waals surface area contributed by atoms with Crippen LogP contribution in [-0.2, 0) is 19.1 Å². The number of rotatable bonds is 13. The number of aromatic nitrogens is 2. The largest absolute Gasteiger partial charge is 0.496 e.